The molecule has 0 aromatic heterocycles. The molecule has 9 heteroatoms. The lowest BCUT2D eigenvalue weighted by molar-refractivity contribution is -0.120. The second kappa shape index (κ2) is 9.24. The van der Waals surface area contributed by atoms with Gasteiger partial charge in [0.1, 0.15) is 0 Å². The summed E-state index contributed by atoms with van der Waals surface area (Å²) in [6.07, 6.45) is 0. The van der Waals surface area contributed by atoms with Crippen LogP contribution in [0, 0.1) is 0 Å². The van der Waals surface area contributed by atoms with Crippen LogP contribution in [-0.2, 0) is 24.3 Å². The van der Waals surface area contributed by atoms with Crippen molar-refractivity contribution in [2.24, 2.45) is 0 Å². The zero-order chi connectivity index (χ0) is 14.8. The molecule has 0 unspecified atom stereocenters. The van der Waals surface area contributed by atoms with Crippen molar-refractivity contribution in [3.05, 3.63) is 0 Å². The van der Waals surface area contributed by atoms with E-state index in [1.165, 1.54) is 7.11 Å². The van der Waals surface area contributed by atoms with Crippen molar-refractivity contribution < 1.29 is 22.7 Å². The van der Waals surface area contributed by atoms with Crippen molar-refractivity contribution in [1.82, 2.24) is 14.9 Å². The number of sulfonamides is 1. The number of carbonyl (C=O) groups excluding carboxylic acids is 1. The van der Waals surface area contributed by atoms with Crippen molar-refractivity contribution in [2.45, 2.75) is 0 Å². The van der Waals surface area contributed by atoms with Crippen LogP contribution in [0.15, 0.2) is 0 Å². The fourth-order valence-electron chi connectivity index (χ4n) is 1.68. The molecule has 8 nitrogen and oxygen atoms in total. The number of nitrogens with one attached hydrogen (secondary N) is 2. The maximum Gasteiger partial charge on any atom is 0.235 e. The van der Waals surface area contributed by atoms with E-state index in [0.29, 0.717) is 19.8 Å². The molecule has 20 heavy (non-hydrogen) atoms. The number of morpholine rings is 1. The molecule has 1 amide bonds. The van der Waals surface area contributed by atoms with Gasteiger partial charge in [0.25, 0.3) is 0 Å². The Labute approximate surface area is 119 Å². The van der Waals surface area contributed by atoms with Crippen LogP contribution in [-0.4, -0.2) is 84.6 Å². The number of hydrogen-bond acceptors (Lipinski definition) is 6. The van der Waals surface area contributed by atoms with Crippen molar-refractivity contribution in [1.29, 1.82) is 0 Å². The number of carbonyl (C=O) groups is 1. The summed E-state index contributed by atoms with van der Waals surface area (Å²) in [7, 11) is -2.02. The van der Waals surface area contributed by atoms with E-state index in [2.05, 4.69) is 19.7 Å². The molecule has 0 aromatic rings. The number of ether oxygens (including phenoxy) is 2. The molecular formula is C11H23N3O5S. The van der Waals surface area contributed by atoms with E-state index in [9.17, 15) is 13.2 Å². The number of methoxy groups -OCH3 is 1. The molecule has 2 N–H and O–H groups in total. The average Bonchev–Trinajstić information content (AvgIpc) is 2.44. The number of rotatable bonds is 9. The first kappa shape index (κ1) is 17.3. The van der Waals surface area contributed by atoms with E-state index in [0.717, 1.165) is 19.6 Å². The Morgan fingerprint density at radius 3 is 2.70 bits per heavy atom. The van der Waals surface area contributed by atoms with Crippen LogP contribution in [0.3, 0.4) is 0 Å². The highest BCUT2D eigenvalue weighted by molar-refractivity contribution is 7.89. The Hall–Kier alpha value is -0.740. The molecule has 0 radical (unpaired) electrons. The normalized spacial score (nSPS) is 17.1. The molecule has 0 spiro atoms. The summed E-state index contributed by atoms with van der Waals surface area (Å²) in [5, 5.41) is 2.68. The SMILES string of the molecule is COCCS(=O)(=O)NCC(=O)NCCN1CCOCC1. The minimum Gasteiger partial charge on any atom is -0.384 e. The zero-order valence-corrected chi connectivity index (χ0v) is 12.6. The van der Waals surface area contributed by atoms with E-state index in [1.807, 2.05) is 0 Å². The van der Waals surface area contributed by atoms with Gasteiger partial charge in [-0.1, -0.05) is 0 Å². The van der Waals surface area contributed by atoms with Crippen LogP contribution in [0.5, 0.6) is 0 Å². The Balaban J connectivity index is 2.10. The van der Waals surface area contributed by atoms with E-state index < -0.39 is 10.0 Å². The average molecular weight is 309 g/mol. The van der Waals surface area contributed by atoms with Crippen molar-refractivity contribution in [2.75, 3.05) is 65.4 Å². The maximum absolute atomic E-state index is 11.5. The Kier molecular flexibility index (Phi) is 8.00. The monoisotopic (exact) mass is 309 g/mol. The summed E-state index contributed by atoms with van der Waals surface area (Å²) in [6.45, 7) is 4.26. The second-order valence-corrected chi connectivity index (χ2v) is 6.36. The molecule has 0 aliphatic carbocycles. The van der Waals surface area contributed by atoms with E-state index >= 15 is 0 Å². The van der Waals surface area contributed by atoms with Crippen molar-refractivity contribution in [3.8, 4) is 0 Å². The molecule has 0 bridgehead atoms. The highest BCUT2D eigenvalue weighted by Crippen LogP contribution is 1.94. The molecule has 1 saturated heterocycles. The minimum absolute atomic E-state index is 0.105. The largest absolute Gasteiger partial charge is 0.384 e. The highest BCUT2D eigenvalue weighted by atomic mass is 32.2. The maximum atomic E-state index is 11.5. The third kappa shape index (κ3) is 7.75. The first-order valence-corrected chi connectivity index (χ1v) is 8.22. The summed E-state index contributed by atoms with van der Waals surface area (Å²) in [6, 6.07) is 0. The summed E-state index contributed by atoms with van der Waals surface area (Å²) in [5.41, 5.74) is 0. The predicted octanol–water partition coefficient (Wildman–Crippen LogP) is -2.00. The molecule has 118 valence electrons. The summed E-state index contributed by atoms with van der Waals surface area (Å²) < 4.78 is 35.0. The Bertz CT molecular complexity index is 382. The van der Waals surface area contributed by atoms with Gasteiger partial charge in [-0.3, -0.25) is 9.69 Å². The van der Waals surface area contributed by atoms with Gasteiger partial charge in [0, 0.05) is 33.3 Å². The van der Waals surface area contributed by atoms with E-state index in [4.69, 9.17) is 4.74 Å². The Morgan fingerprint density at radius 2 is 2.05 bits per heavy atom. The molecule has 1 aliphatic heterocycles. The van der Waals surface area contributed by atoms with E-state index in [1.54, 1.807) is 0 Å². The zero-order valence-electron chi connectivity index (χ0n) is 11.8. The Morgan fingerprint density at radius 1 is 1.35 bits per heavy atom. The molecule has 0 aromatic carbocycles. The summed E-state index contributed by atoms with van der Waals surface area (Å²) >= 11 is 0. The van der Waals surface area contributed by atoms with Gasteiger partial charge in [0.15, 0.2) is 0 Å². The van der Waals surface area contributed by atoms with Crippen molar-refractivity contribution >= 4 is 15.9 Å². The van der Waals surface area contributed by atoms with Gasteiger partial charge in [-0.15, -0.1) is 0 Å². The van der Waals surface area contributed by atoms with Gasteiger partial charge in [-0.25, -0.2) is 13.1 Å². The standard InChI is InChI=1S/C11H23N3O5S/c1-18-8-9-20(16,17)13-10-11(15)12-2-3-14-4-6-19-7-5-14/h13H,2-10H2,1H3,(H,12,15). The van der Waals surface area contributed by atoms with Gasteiger partial charge >= 0.3 is 0 Å². The van der Waals surface area contributed by atoms with Gasteiger partial charge in [0.2, 0.25) is 15.9 Å². The first-order valence-electron chi connectivity index (χ1n) is 6.56. The van der Waals surface area contributed by atoms with Crippen LogP contribution in [0.4, 0.5) is 0 Å². The minimum atomic E-state index is -3.45. The van der Waals surface area contributed by atoms with Gasteiger partial charge in [0.05, 0.1) is 32.1 Å². The van der Waals surface area contributed by atoms with Crippen LogP contribution in [0.1, 0.15) is 0 Å². The first-order chi connectivity index (χ1) is 9.53. The van der Waals surface area contributed by atoms with Crippen LogP contribution in [0.2, 0.25) is 0 Å². The lowest BCUT2D eigenvalue weighted by Crippen LogP contribution is -2.43. The van der Waals surface area contributed by atoms with Crippen LogP contribution < -0.4 is 10.0 Å². The number of hydrogen-bond donors (Lipinski definition) is 2. The second-order valence-electron chi connectivity index (χ2n) is 4.44. The molecule has 1 rings (SSSR count). The smallest absolute Gasteiger partial charge is 0.235 e. The molecule has 1 aliphatic rings. The van der Waals surface area contributed by atoms with Crippen LogP contribution >= 0.6 is 0 Å². The summed E-state index contributed by atoms with van der Waals surface area (Å²) in [4.78, 5) is 13.7. The fourth-order valence-corrected chi connectivity index (χ4v) is 2.56. The molecule has 0 atom stereocenters. The third-order valence-electron chi connectivity index (χ3n) is 2.86. The molecule has 1 fully saturated rings. The molecule has 0 saturated carbocycles. The number of nitrogens with zero attached hydrogens (tertiary/aromatic N) is 1. The van der Waals surface area contributed by atoms with Crippen LogP contribution in [0.25, 0.3) is 0 Å². The van der Waals surface area contributed by atoms with Gasteiger partial charge < -0.3 is 14.8 Å². The molecular weight excluding hydrogens is 286 g/mol. The lowest BCUT2D eigenvalue weighted by Gasteiger charge is -2.26. The topological polar surface area (TPSA) is 97.0 Å². The summed E-state index contributed by atoms with van der Waals surface area (Å²) in [5.74, 6) is -0.482. The predicted molar refractivity (Wildman–Crippen MR) is 73.9 cm³/mol. The quantitative estimate of drug-likeness (QED) is 0.511. The highest BCUT2D eigenvalue weighted by Gasteiger charge is 2.13. The molecule has 1 heterocycles. The van der Waals surface area contributed by atoms with Crippen molar-refractivity contribution in [3.63, 3.8) is 0 Å². The van der Waals surface area contributed by atoms with Gasteiger partial charge in [-0.2, -0.15) is 0 Å². The lowest BCUT2D eigenvalue weighted by atomic mass is 10.4. The number of amides is 1. The third-order valence-corrected chi connectivity index (χ3v) is 4.15. The van der Waals surface area contributed by atoms with E-state index in [-0.39, 0.29) is 24.8 Å². The van der Waals surface area contributed by atoms with Gasteiger partial charge in [-0.05, 0) is 0 Å². The fraction of sp³-hybridized carbons (Fsp3) is 0.909.